The van der Waals surface area contributed by atoms with Gasteiger partial charge in [0.25, 0.3) is 0 Å². The van der Waals surface area contributed by atoms with Crippen LogP contribution in [0.1, 0.15) is 26.3 Å². The molecule has 0 saturated carbocycles. The van der Waals surface area contributed by atoms with Gasteiger partial charge in [-0.3, -0.25) is 0 Å². The zero-order valence-electron chi connectivity index (χ0n) is 7.79. The maximum atomic E-state index is 6.07. The van der Waals surface area contributed by atoms with Gasteiger partial charge in [-0.05, 0) is 17.0 Å². The van der Waals surface area contributed by atoms with Crippen molar-refractivity contribution in [2.24, 2.45) is 0 Å². The lowest BCUT2D eigenvalue weighted by Gasteiger charge is -2.21. The van der Waals surface area contributed by atoms with Crippen LogP contribution in [0.25, 0.3) is 0 Å². The lowest BCUT2D eigenvalue weighted by molar-refractivity contribution is 0.590. The Kier molecular flexibility index (Phi) is 3.16. The lowest BCUT2D eigenvalue weighted by atomic mass is 9.87. The fourth-order valence-corrected chi connectivity index (χ4v) is 1.92. The molecule has 0 spiro atoms. The van der Waals surface area contributed by atoms with Crippen LogP contribution in [0.2, 0.25) is 15.1 Å². The summed E-state index contributed by atoms with van der Waals surface area (Å²) in [5.41, 5.74) is 1.01. The minimum absolute atomic E-state index is 0.00862. The lowest BCUT2D eigenvalue weighted by Crippen LogP contribution is -2.11. The summed E-state index contributed by atoms with van der Waals surface area (Å²) in [6, 6.07) is 3.69. The smallest absolute Gasteiger partial charge is 0.0781 e. The van der Waals surface area contributed by atoms with Crippen molar-refractivity contribution in [3.63, 3.8) is 0 Å². The molecule has 0 aliphatic rings. The molecule has 3 heteroatoms. The highest BCUT2D eigenvalue weighted by Gasteiger charge is 2.19. The van der Waals surface area contributed by atoms with E-state index < -0.39 is 0 Å². The van der Waals surface area contributed by atoms with E-state index in [1.807, 2.05) is 6.07 Å². The van der Waals surface area contributed by atoms with Crippen molar-refractivity contribution in [3.05, 3.63) is 32.8 Å². The maximum absolute atomic E-state index is 6.07. The molecule has 1 aromatic carbocycles. The average Bonchev–Trinajstić information content (AvgIpc) is 1.98. The number of hydrogen-bond donors (Lipinski definition) is 0. The minimum atomic E-state index is -0.00862. The molecule has 0 aromatic heterocycles. The van der Waals surface area contributed by atoms with Gasteiger partial charge in [0.2, 0.25) is 0 Å². The van der Waals surface area contributed by atoms with Gasteiger partial charge >= 0.3 is 0 Å². The van der Waals surface area contributed by atoms with Crippen molar-refractivity contribution in [2.45, 2.75) is 26.2 Å². The van der Waals surface area contributed by atoms with E-state index in [1.165, 1.54) is 0 Å². The number of benzene rings is 1. The number of hydrogen-bond acceptors (Lipinski definition) is 0. The minimum Gasteiger partial charge on any atom is -0.0827 e. The molecule has 72 valence electrons. The van der Waals surface area contributed by atoms with Crippen LogP contribution in [-0.4, -0.2) is 0 Å². The molecule has 0 bridgehead atoms. The highest BCUT2D eigenvalue weighted by molar-refractivity contribution is 6.48. The van der Waals surface area contributed by atoms with Gasteiger partial charge in [-0.2, -0.15) is 0 Å². The molecule has 0 radical (unpaired) electrons. The van der Waals surface area contributed by atoms with Crippen molar-refractivity contribution < 1.29 is 0 Å². The Bertz CT molecular complexity index is 324. The molecule has 0 unspecified atom stereocenters. The predicted molar refractivity (Wildman–Crippen MR) is 60.2 cm³/mol. The fraction of sp³-hybridized carbons (Fsp3) is 0.400. The summed E-state index contributed by atoms with van der Waals surface area (Å²) in [6.07, 6.45) is 0. The summed E-state index contributed by atoms with van der Waals surface area (Å²) in [4.78, 5) is 0. The van der Waals surface area contributed by atoms with Crippen molar-refractivity contribution in [2.75, 3.05) is 0 Å². The molecule has 0 saturated heterocycles. The summed E-state index contributed by atoms with van der Waals surface area (Å²) < 4.78 is 0. The summed E-state index contributed by atoms with van der Waals surface area (Å²) in [5.74, 6) is 0. The van der Waals surface area contributed by atoms with Crippen molar-refractivity contribution in [1.82, 2.24) is 0 Å². The first-order valence-corrected chi connectivity index (χ1v) is 5.11. The van der Waals surface area contributed by atoms with Crippen molar-refractivity contribution >= 4 is 34.8 Å². The molecule has 0 aliphatic carbocycles. The monoisotopic (exact) mass is 236 g/mol. The van der Waals surface area contributed by atoms with E-state index in [2.05, 4.69) is 20.8 Å². The Balaban J connectivity index is 3.35. The SMILES string of the molecule is CC(C)(C)c1ccc(Cl)c(Cl)c1Cl. The standard InChI is InChI=1S/C10H11Cl3/c1-10(2,3)6-4-5-7(11)9(13)8(6)12/h4-5H,1-3H3. The molecule has 1 aromatic rings. The van der Waals surface area contributed by atoms with Crippen LogP contribution in [0.15, 0.2) is 12.1 Å². The largest absolute Gasteiger partial charge is 0.0827 e. The average molecular weight is 238 g/mol. The normalized spacial score (nSPS) is 11.8. The second-order valence-electron chi connectivity index (χ2n) is 3.97. The first kappa shape index (κ1) is 11.2. The van der Waals surface area contributed by atoms with Crippen molar-refractivity contribution in [3.8, 4) is 0 Å². The molecule has 0 atom stereocenters. The first-order chi connectivity index (χ1) is 5.84. The van der Waals surface area contributed by atoms with Crippen LogP contribution in [0, 0.1) is 0 Å². The van der Waals surface area contributed by atoms with Gasteiger partial charge in [-0.25, -0.2) is 0 Å². The van der Waals surface area contributed by atoms with Gasteiger partial charge in [0.05, 0.1) is 15.1 Å². The first-order valence-electron chi connectivity index (χ1n) is 3.98. The summed E-state index contributed by atoms with van der Waals surface area (Å²) in [6.45, 7) is 6.25. The molecule has 0 heterocycles. The van der Waals surface area contributed by atoms with E-state index in [9.17, 15) is 0 Å². The van der Waals surface area contributed by atoms with Gasteiger partial charge in [0.1, 0.15) is 0 Å². The summed E-state index contributed by atoms with van der Waals surface area (Å²) in [5, 5.41) is 1.50. The van der Waals surface area contributed by atoms with E-state index in [-0.39, 0.29) is 5.41 Å². The van der Waals surface area contributed by atoms with Crippen LogP contribution < -0.4 is 0 Å². The van der Waals surface area contributed by atoms with Gasteiger partial charge < -0.3 is 0 Å². The third-order valence-corrected chi connectivity index (χ3v) is 3.14. The Labute approximate surface area is 93.8 Å². The fourth-order valence-electron chi connectivity index (χ4n) is 1.11. The molecule has 13 heavy (non-hydrogen) atoms. The molecule has 0 nitrogen and oxygen atoms in total. The van der Waals surface area contributed by atoms with Crippen LogP contribution in [0.3, 0.4) is 0 Å². The molecular weight excluding hydrogens is 226 g/mol. The highest BCUT2D eigenvalue weighted by atomic mass is 35.5. The van der Waals surface area contributed by atoms with E-state index in [0.29, 0.717) is 15.1 Å². The van der Waals surface area contributed by atoms with Crippen LogP contribution in [0.5, 0.6) is 0 Å². The van der Waals surface area contributed by atoms with Gasteiger partial charge in [-0.15, -0.1) is 0 Å². The molecule has 0 fully saturated rings. The zero-order chi connectivity index (χ0) is 10.2. The molecule has 0 N–H and O–H groups in total. The highest BCUT2D eigenvalue weighted by Crippen LogP contribution is 2.37. The van der Waals surface area contributed by atoms with E-state index in [0.717, 1.165) is 5.56 Å². The van der Waals surface area contributed by atoms with Crippen LogP contribution in [0.4, 0.5) is 0 Å². The molecule has 1 rings (SSSR count). The second-order valence-corrected chi connectivity index (χ2v) is 5.14. The van der Waals surface area contributed by atoms with E-state index in [1.54, 1.807) is 6.07 Å². The summed E-state index contributed by atoms with van der Waals surface area (Å²) in [7, 11) is 0. The maximum Gasteiger partial charge on any atom is 0.0781 e. The molecular formula is C10H11Cl3. The zero-order valence-corrected chi connectivity index (χ0v) is 10.1. The topological polar surface area (TPSA) is 0 Å². The molecule has 0 aliphatic heterocycles. The Morgan fingerprint density at radius 2 is 1.46 bits per heavy atom. The van der Waals surface area contributed by atoms with Gasteiger partial charge in [0, 0.05) is 0 Å². The number of halogens is 3. The van der Waals surface area contributed by atoms with Gasteiger partial charge in [0.15, 0.2) is 0 Å². The number of rotatable bonds is 0. The predicted octanol–water partition coefficient (Wildman–Crippen LogP) is 4.94. The Morgan fingerprint density at radius 1 is 0.923 bits per heavy atom. The van der Waals surface area contributed by atoms with E-state index in [4.69, 9.17) is 34.8 Å². The second kappa shape index (κ2) is 3.68. The van der Waals surface area contributed by atoms with Gasteiger partial charge in [-0.1, -0.05) is 61.6 Å². The summed E-state index contributed by atoms with van der Waals surface area (Å²) >= 11 is 17.8. The quantitative estimate of drug-likeness (QED) is 0.561. The van der Waals surface area contributed by atoms with Crippen LogP contribution in [-0.2, 0) is 5.41 Å². The Hall–Kier alpha value is 0.0900. The van der Waals surface area contributed by atoms with Crippen molar-refractivity contribution in [1.29, 1.82) is 0 Å². The molecule has 0 amide bonds. The third kappa shape index (κ3) is 2.31. The third-order valence-electron chi connectivity index (χ3n) is 1.84. The van der Waals surface area contributed by atoms with E-state index >= 15 is 0 Å². The Morgan fingerprint density at radius 3 is 1.92 bits per heavy atom. The van der Waals surface area contributed by atoms with Crippen LogP contribution >= 0.6 is 34.8 Å².